The molecular formula is C11H12N2O4. The summed E-state index contributed by atoms with van der Waals surface area (Å²) in [4.78, 5) is 22.6. The van der Waals surface area contributed by atoms with Crippen molar-refractivity contribution in [2.75, 3.05) is 13.1 Å². The summed E-state index contributed by atoms with van der Waals surface area (Å²) in [6, 6.07) is 6.33. The molecule has 0 bridgehead atoms. The van der Waals surface area contributed by atoms with E-state index < -0.39 is 10.9 Å². The van der Waals surface area contributed by atoms with Crippen LogP contribution < -0.4 is 0 Å². The summed E-state index contributed by atoms with van der Waals surface area (Å²) in [6.07, 6.45) is 0. The van der Waals surface area contributed by atoms with Crippen molar-refractivity contribution in [3.63, 3.8) is 0 Å². The zero-order chi connectivity index (χ0) is 12.4. The second-order valence-electron chi connectivity index (χ2n) is 4.15. The number of carboxylic acid groups (broad SMARTS) is 1. The largest absolute Gasteiger partial charge is 0.481 e. The molecule has 1 aromatic carbocycles. The van der Waals surface area contributed by atoms with Gasteiger partial charge in [0.15, 0.2) is 0 Å². The molecule has 0 saturated carbocycles. The predicted octanol–water partition coefficient (Wildman–Crippen LogP) is 1.11. The fourth-order valence-electron chi connectivity index (χ4n) is 1.84. The van der Waals surface area contributed by atoms with Crippen LogP contribution >= 0.6 is 0 Å². The maximum atomic E-state index is 10.6. The lowest BCUT2D eigenvalue weighted by Crippen LogP contribution is -2.49. The van der Waals surface area contributed by atoms with Gasteiger partial charge in [0.25, 0.3) is 5.69 Å². The molecule has 6 heteroatoms. The second-order valence-corrected chi connectivity index (χ2v) is 4.15. The van der Waals surface area contributed by atoms with Gasteiger partial charge in [-0.3, -0.25) is 19.8 Å². The van der Waals surface area contributed by atoms with Gasteiger partial charge in [0.2, 0.25) is 0 Å². The van der Waals surface area contributed by atoms with Crippen molar-refractivity contribution in [1.82, 2.24) is 4.90 Å². The monoisotopic (exact) mass is 236 g/mol. The topological polar surface area (TPSA) is 83.7 Å². The van der Waals surface area contributed by atoms with Gasteiger partial charge in [0, 0.05) is 31.8 Å². The summed E-state index contributed by atoms with van der Waals surface area (Å²) >= 11 is 0. The molecule has 1 aliphatic heterocycles. The number of nitrogens with zero attached hydrogens (tertiary/aromatic N) is 2. The minimum Gasteiger partial charge on any atom is -0.481 e. The Kier molecular flexibility index (Phi) is 3.06. The molecule has 2 rings (SSSR count). The number of likely N-dealkylation sites (tertiary alicyclic amines) is 1. The molecule has 1 saturated heterocycles. The molecule has 1 N–H and O–H groups in total. The number of hydrogen-bond donors (Lipinski definition) is 1. The van der Waals surface area contributed by atoms with Gasteiger partial charge in [-0.15, -0.1) is 0 Å². The third-order valence-corrected chi connectivity index (χ3v) is 2.86. The van der Waals surface area contributed by atoms with Crippen LogP contribution in [-0.2, 0) is 11.3 Å². The first-order valence-electron chi connectivity index (χ1n) is 5.25. The third-order valence-electron chi connectivity index (χ3n) is 2.86. The predicted molar refractivity (Wildman–Crippen MR) is 59.5 cm³/mol. The molecule has 1 heterocycles. The Hall–Kier alpha value is -1.95. The van der Waals surface area contributed by atoms with E-state index in [0.29, 0.717) is 19.6 Å². The van der Waals surface area contributed by atoms with Gasteiger partial charge in [0.1, 0.15) is 0 Å². The van der Waals surface area contributed by atoms with Crippen molar-refractivity contribution in [2.24, 2.45) is 5.92 Å². The smallest absolute Gasteiger partial charge is 0.309 e. The SMILES string of the molecule is O=C(O)C1CN(Cc2ccc([N+](=O)[O-])cc2)C1. The number of carboxylic acids is 1. The molecule has 17 heavy (non-hydrogen) atoms. The Morgan fingerprint density at radius 2 is 2.00 bits per heavy atom. The molecule has 1 aromatic rings. The summed E-state index contributed by atoms with van der Waals surface area (Å²) in [5, 5.41) is 19.2. The van der Waals surface area contributed by atoms with Gasteiger partial charge in [0.05, 0.1) is 10.8 Å². The number of nitro benzene ring substituents is 1. The van der Waals surface area contributed by atoms with Crippen LogP contribution in [0.5, 0.6) is 0 Å². The van der Waals surface area contributed by atoms with Crippen LogP contribution in [0.1, 0.15) is 5.56 Å². The molecule has 90 valence electrons. The van der Waals surface area contributed by atoms with Crippen LogP contribution in [0.3, 0.4) is 0 Å². The number of rotatable bonds is 4. The maximum Gasteiger partial charge on any atom is 0.309 e. The molecule has 6 nitrogen and oxygen atoms in total. The van der Waals surface area contributed by atoms with E-state index in [1.165, 1.54) is 12.1 Å². The first-order valence-corrected chi connectivity index (χ1v) is 5.25. The van der Waals surface area contributed by atoms with E-state index in [1.807, 2.05) is 4.90 Å². The van der Waals surface area contributed by atoms with E-state index in [1.54, 1.807) is 12.1 Å². The second kappa shape index (κ2) is 4.50. The normalized spacial score (nSPS) is 16.5. The summed E-state index contributed by atoms with van der Waals surface area (Å²) in [7, 11) is 0. The Labute approximate surface area is 97.6 Å². The molecule has 0 amide bonds. The Bertz CT molecular complexity index is 437. The van der Waals surface area contributed by atoms with Crippen LogP contribution in [0, 0.1) is 16.0 Å². The fourth-order valence-corrected chi connectivity index (χ4v) is 1.84. The summed E-state index contributed by atoms with van der Waals surface area (Å²) in [6.45, 7) is 1.74. The molecule has 0 radical (unpaired) electrons. The molecule has 0 aliphatic carbocycles. The third kappa shape index (κ3) is 2.59. The molecule has 0 spiro atoms. The van der Waals surface area contributed by atoms with E-state index in [0.717, 1.165) is 5.56 Å². The number of non-ortho nitro benzene ring substituents is 1. The molecule has 1 aliphatic rings. The highest BCUT2D eigenvalue weighted by Crippen LogP contribution is 2.20. The van der Waals surface area contributed by atoms with E-state index >= 15 is 0 Å². The number of carbonyl (C=O) groups is 1. The molecule has 0 aromatic heterocycles. The Morgan fingerprint density at radius 3 is 2.47 bits per heavy atom. The van der Waals surface area contributed by atoms with Crippen LogP contribution in [-0.4, -0.2) is 34.0 Å². The highest BCUT2D eigenvalue weighted by molar-refractivity contribution is 5.71. The minimum absolute atomic E-state index is 0.0702. The number of nitro groups is 1. The lowest BCUT2D eigenvalue weighted by Gasteiger charge is -2.36. The quantitative estimate of drug-likeness (QED) is 0.625. The van der Waals surface area contributed by atoms with Gasteiger partial charge in [-0.2, -0.15) is 0 Å². The van der Waals surface area contributed by atoms with Gasteiger partial charge in [-0.05, 0) is 5.56 Å². The Morgan fingerprint density at radius 1 is 1.41 bits per heavy atom. The van der Waals surface area contributed by atoms with E-state index in [9.17, 15) is 14.9 Å². The van der Waals surface area contributed by atoms with Crippen LogP contribution in [0.2, 0.25) is 0 Å². The summed E-state index contributed by atoms with van der Waals surface area (Å²) < 4.78 is 0. The van der Waals surface area contributed by atoms with Crippen LogP contribution in [0.4, 0.5) is 5.69 Å². The fraction of sp³-hybridized carbons (Fsp3) is 0.364. The first-order chi connectivity index (χ1) is 8.06. The standard InChI is InChI=1S/C11H12N2O4/c14-11(15)9-6-12(7-9)5-8-1-3-10(4-2-8)13(16)17/h1-4,9H,5-7H2,(H,14,15). The lowest BCUT2D eigenvalue weighted by molar-refractivity contribution is -0.384. The van der Waals surface area contributed by atoms with Crippen LogP contribution in [0.25, 0.3) is 0 Å². The van der Waals surface area contributed by atoms with E-state index in [4.69, 9.17) is 5.11 Å². The van der Waals surface area contributed by atoms with Crippen molar-refractivity contribution in [1.29, 1.82) is 0 Å². The Balaban J connectivity index is 1.88. The van der Waals surface area contributed by atoms with Crippen molar-refractivity contribution < 1.29 is 14.8 Å². The average molecular weight is 236 g/mol. The first kappa shape index (κ1) is 11.5. The van der Waals surface area contributed by atoms with Gasteiger partial charge >= 0.3 is 5.97 Å². The maximum absolute atomic E-state index is 10.6. The molecule has 1 fully saturated rings. The highest BCUT2D eigenvalue weighted by Gasteiger charge is 2.32. The summed E-state index contributed by atoms with van der Waals surface area (Å²) in [5.41, 5.74) is 1.03. The van der Waals surface area contributed by atoms with Gasteiger partial charge in [-0.1, -0.05) is 12.1 Å². The number of hydrogen-bond acceptors (Lipinski definition) is 4. The van der Waals surface area contributed by atoms with Crippen molar-refractivity contribution in [3.8, 4) is 0 Å². The van der Waals surface area contributed by atoms with E-state index in [-0.39, 0.29) is 11.6 Å². The van der Waals surface area contributed by atoms with Crippen molar-refractivity contribution in [3.05, 3.63) is 39.9 Å². The average Bonchev–Trinajstić information content (AvgIpc) is 2.23. The van der Waals surface area contributed by atoms with Gasteiger partial charge < -0.3 is 5.11 Å². The number of aliphatic carboxylic acids is 1. The highest BCUT2D eigenvalue weighted by atomic mass is 16.6. The zero-order valence-electron chi connectivity index (χ0n) is 9.07. The minimum atomic E-state index is -0.759. The zero-order valence-corrected chi connectivity index (χ0v) is 9.07. The molecule has 0 unspecified atom stereocenters. The number of benzene rings is 1. The summed E-state index contributed by atoms with van der Waals surface area (Å²) in [5.74, 6) is -1.03. The molecular weight excluding hydrogens is 224 g/mol. The van der Waals surface area contributed by atoms with Crippen molar-refractivity contribution >= 4 is 11.7 Å². The molecule has 0 atom stereocenters. The van der Waals surface area contributed by atoms with E-state index in [2.05, 4.69) is 0 Å². The van der Waals surface area contributed by atoms with Gasteiger partial charge in [-0.25, -0.2) is 0 Å². The van der Waals surface area contributed by atoms with Crippen LogP contribution in [0.15, 0.2) is 24.3 Å². The van der Waals surface area contributed by atoms with Crippen molar-refractivity contribution in [2.45, 2.75) is 6.54 Å². The lowest BCUT2D eigenvalue weighted by atomic mass is 9.99.